The largest absolute Gasteiger partial charge is 0.508 e. The van der Waals surface area contributed by atoms with Gasteiger partial charge in [0.25, 0.3) is 0 Å². The average molecular weight is 162 g/mol. The van der Waals surface area contributed by atoms with Gasteiger partial charge in [-0.2, -0.15) is 0 Å². The number of aromatic hydroxyl groups is 1. The van der Waals surface area contributed by atoms with Crippen molar-refractivity contribution in [2.75, 3.05) is 13.7 Å². The van der Waals surface area contributed by atoms with Crippen molar-refractivity contribution in [3.63, 3.8) is 0 Å². The number of methoxy groups -OCH3 is 1. The highest BCUT2D eigenvalue weighted by Gasteiger charge is 1.86. The molecule has 0 heterocycles. The molecule has 12 heavy (non-hydrogen) atoms. The van der Waals surface area contributed by atoms with Gasteiger partial charge in [0.05, 0.1) is 0 Å². The molecule has 0 atom stereocenters. The van der Waals surface area contributed by atoms with E-state index < -0.39 is 0 Å². The number of phenolic OH excluding ortho intramolecular Hbond substituents is 1. The molecular formula is C10H10O2. The quantitative estimate of drug-likeness (QED) is 0.632. The number of ether oxygens (including phenoxy) is 1. The zero-order valence-corrected chi connectivity index (χ0v) is 6.87. The van der Waals surface area contributed by atoms with Crippen LogP contribution in [0, 0.1) is 11.8 Å². The minimum absolute atomic E-state index is 0.257. The van der Waals surface area contributed by atoms with Crippen LogP contribution in [-0.4, -0.2) is 18.8 Å². The molecule has 1 aromatic carbocycles. The molecule has 2 heteroatoms. The fourth-order valence-electron chi connectivity index (χ4n) is 0.755. The Morgan fingerprint density at radius 2 is 2.00 bits per heavy atom. The third-order valence-corrected chi connectivity index (χ3v) is 1.32. The molecule has 0 aromatic heterocycles. The summed E-state index contributed by atoms with van der Waals surface area (Å²) in [6.45, 7) is 0.431. The van der Waals surface area contributed by atoms with E-state index in [1.54, 1.807) is 31.4 Å². The van der Waals surface area contributed by atoms with Gasteiger partial charge in [0.2, 0.25) is 0 Å². The number of benzene rings is 1. The minimum atomic E-state index is 0.257. The topological polar surface area (TPSA) is 29.5 Å². The van der Waals surface area contributed by atoms with Crippen LogP contribution in [0.25, 0.3) is 0 Å². The van der Waals surface area contributed by atoms with Crippen molar-refractivity contribution < 1.29 is 9.84 Å². The lowest BCUT2D eigenvalue weighted by atomic mass is 10.2. The third-order valence-electron chi connectivity index (χ3n) is 1.32. The number of rotatable bonds is 1. The molecule has 0 aliphatic rings. The van der Waals surface area contributed by atoms with E-state index in [1.165, 1.54) is 0 Å². The molecule has 1 rings (SSSR count). The zero-order valence-electron chi connectivity index (χ0n) is 6.87. The summed E-state index contributed by atoms with van der Waals surface area (Å²) in [5.41, 5.74) is 0.879. The van der Waals surface area contributed by atoms with Crippen molar-refractivity contribution in [1.82, 2.24) is 0 Å². The van der Waals surface area contributed by atoms with Crippen molar-refractivity contribution in [3.05, 3.63) is 29.8 Å². The van der Waals surface area contributed by atoms with E-state index in [2.05, 4.69) is 11.8 Å². The Kier molecular flexibility index (Phi) is 3.18. The monoisotopic (exact) mass is 162 g/mol. The van der Waals surface area contributed by atoms with Gasteiger partial charge in [-0.1, -0.05) is 11.8 Å². The van der Waals surface area contributed by atoms with Crippen molar-refractivity contribution in [3.8, 4) is 17.6 Å². The minimum Gasteiger partial charge on any atom is -0.508 e. The van der Waals surface area contributed by atoms with Crippen molar-refractivity contribution in [2.45, 2.75) is 0 Å². The van der Waals surface area contributed by atoms with Crippen LogP contribution in [0.4, 0.5) is 0 Å². The highest BCUT2D eigenvalue weighted by Crippen LogP contribution is 2.07. The second-order valence-electron chi connectivity index (χ2n) is 2.28. The smallest absolute Gasteiger partial charge is 0.115 e. The van der Waals surface area contributed by atoms with E-state index >= 15 is 0 Å². The first-order chi connectivity index (χ1) is 5.83. The van der Waals surface area contributed by atoms with Gasteiger partial charge in [-0.15, -0.1) is 0 Å². The molecule has 0 fully saturated rings. The predicted molar refractivity (Wildman–Crippen MR) is 46.9 cm³/mol. The molecule has 0 saturated heterocycles. The van der Waals surface area contributed by atoms with Gasteiger partial charge in [-0.3, -0.25) is 0 Å². The molecule has 1 aromatic rings. The van der Waals surface area contributed by atoms with E-state index in [-0.39, 0.29) is 5.75 Å². The summed E-state index contributed by atoms with van der Waals surface area (Å²) in [5, 5.41) is 8.96. The second kappa shape index (κ2) is 4.42. The van der Waals surface area contributed by atoms with Crippen LogP contribution in [0.3, 0.4) is 0 Å². The summed E-state index contributed by atoms with van der Waals surface area (Å²) in [7, 11) is 1.60. The summed E-state index contributed by atoms with van der Waals surface area (Å²) in [6.07, 6.45) is 0. The first-order valence-corrected chi connectivity index (χ1v) is 3.60. The highest BCUT2D eigenvalue weighted by molar-refractivity contribution is 5.37. The van der Waals surface area contributed by atoms with Gasteiger partial charge in [0, 0.05) is 12.7 Å². The summed E-state index contributed by atoms with van der Waals surface area (Å²) >= 11 is 0. The van der Waals surface area contributed by atoms with Crippen LogP contribution in [-0.2, 0) is 4.74 Å². The number of phenols is 1. The molecule has 0 radical (unpaired) electrons. The molecular weight excluding hydrogens is 152 g/mol. The van der Waals surface area contributed by atoms with Crippen LogP contribution in [0.15, 0.2) is 24.3 Å². The lowest BCUT2D eigenvalue weighted by Crippen LogP contribution is -1.81. The van der Waals surface area contributed by atoms with Crippen LogP contribution in [0.2, 0.25) is 0 Å². The Hall–Kier alpha value is -1.46. The molecule has 0 aliphatic heterocycles. The van der Waals surface area contributed by atoms with Gasteiger partial charge in [-0.05, 0) is 24.3 Å². The SMILES string of the molecule is COCC#Cc1ccc(O)cc1. The van der Waals surface area contributed by atoms with Crippen molar-refractivity contribution in [2.24, 2.45) is 0 Å². The lowest BCUT2D eigenvalue weighted by Gasteiger charge is -1.90. The van der Waals surface area contributed by atoms with E-state index in [0.717, 1.165) is 5.56 Å². The highest BCUT2D eigenvalue weighted by atomic mass is 16.5. The zero-order chi connectivity index (χ0) is 8.81. The molecule has 0 unspecified atom stereocenters. The lowest BCUT2D eigenvalue weighted by molar-refractivity contribution is 0.240. The number of hydrogen-bond donors (Lipinski definition) is 1. The maximum atomic E-state index is 8.96. The van der Waals surface area contributed by atoms with Gasteiger partial charge in [-0.25, -0.2) is 0 Å². The summed E-state index contributed by atoms with van der Waals surface area (Å²) in [4.78, 5) is 0. The molecule has 0 saturated carbocycles. The third kappa shape index (κ3) is 2.65. The molecule has 0 amide bonds. The van der Waals surface area contributed by atoms with Crippen LogP contribution in [0.5, 0.6) is 5.75 Å². The molecule has 0 bridgehead atoms. The Morgan fingerprint density at radius 1 is 1.33 bits per heavy atom. The fraction of sp³-hybridized carbons (Fsp3) is 0.200. The Bertz CT molecular complexity index is 290. The van der Waals surface area contributed by atoms with Gasteiger partial charge in [0.1, 0.15) is 12.4 Å². The Morgan fingerprint density at radius 3 is 2.58 bits per heavy atom. The normalized spacial score (nSPS) is 8.75. The Labute approximate surface area is 71.8 Å². The maximum absolute atomic E-state index is 8.96. The van der Waals surface area contributed by atoms with E-state index in [0.29, 0.717) is 6.61 Å². The van der Waals surface area contributed by atoms with Crippen molar-refractivity contribution in [1.29, 1.82) is 0 Å². The summed E-state index contributed by atoms with van der Waals surface area (Å²) in [6, 6.07) is 6.74. The predicted octanol–water partition coefficient (Wildman–Crippen LogP) is 1.39. The fourth-order valence-corrected chi connectivity index (χ4v) is 0.755. The first-order valence-electron chi connectivity index (χ1n) is 3.60. The molecule has 1 N–H and O–H groups in total. The maximum Gasteiger partial charge on any atom is 0.115 e. The van der Waals surface area contributed by atoms with E-state index in [1.807, 2.05) is 0 Å². The van der Waals surface area contributed by atoms with Gasteiger partial charge < -0.3 is 9.84 Å². The van der Waals surface area contributed by atoms with Crippen LogP contribution >= 0.6 is 0 Å². The standard InChI is InChI=1S/C10H10O2/c1-12-8-2-3-9-4-6-10(11)7-5-9/h4-7,11H,8H2,1H3. The van der Waals surface area contributed by atoms with Gasteiger partial charge >= 0.3 is 0 Å². The Balaban J connectivity index is 2.66. The first kappa shape index (κ1) is 8.63. The van der Waals surface area contributed by atoms with E-state index in [4.69, 9.17) is 9.84 Å². The number of hydrogen-bond acceptors (Lipinski definition) is 2. The van der Waals surface area contributed by atoms with Gasteiger partial charge in [0.15, 0.2) is 0 Å². The van der Waals surface area contributed by atoms with Crippen LogP contribution in [0.1, 0.15) is 5.56 Å². The second-order valence-corrected chi connectivity index (χ2v) is 2.28. The van der Waals surface area contributed by atoms with Crippen molar-refractivity contribution >= 4 is 0 Å². The average Bonchev–Trinajstić information content (AvgIpc) is 2.09. The summed E-state index contributed by atoms with van der Waals surface area (Å²) < 4.78 is 4.76. The molecule has 0 spiro atoms. The molecule has 62 valence electrons. The van der Waals surface area contributed by atoms with Crippen LogP contribution < -0.4 is 0 Å². The molecule has 0 aliphatic carbocycles. The van der Waals surface area contributed by atoms with E-state index in [9.17, 15) is 0 Å². The molecule has 2 nitrogen and oxygen atoms in total. The summed E-state index contributed by atoms with van der Waals surface area (Å²) in [5.74, 6) is 5.96.